The van der Waals surface area contributed by atoms with Crippen molar-refractivity contribution in [1.29, 1.82) is 0 Å². The van der Waals surface area contributed by atoms with E-state index in [-0.39, 0.29) is 17.9 Å². The zero-order valence-corrected chi connectivity index (χ0v) is 18.8. The number of hydrogen-bond donors (Lipinski definition) is 0. The third-order valence-corrected chi connectivity index (χ3v) is 5.97. The molecule has 33 heavy (non-hydrogen) atoms. The van der Waals surface area contributed by atoms with Gasteiger partial charge in [0.05, 0.1) is 17.4 Å². The molecule has 0 fully saturated rings. The van der Waals surface area contributed by atoms with Gasteiger partial charge in [0, 0.05) is 12.2 Å². The first-order valence-electron chi connectivity index (χ1n) is 11.3. The Kier molecular flexibility index (Phi) is 5.47. The summed E-state index contributed by atoms with van der Waals surface area (Å²) in [4.78, 5) is 30.9. The maximum absolute atomic E-state index is 13.8. The van der Waals surface area contributed by atoms with Gasteiger partial charge in [-0.05, 0) is 68.1 Å². The molecule has 0 N–H and O–H groups in total. The van der Waals surface area contributed by atoms with Crippen molar-refractivity contribution in [2.45, 2.75) is 32.8 Å². The molecule has 0 saturated carbocycles. The lowest BCUT2D eigenvalue weighted by Crippen LogP contribution is -2.37. The average Bonchev–Trinajstić information content (AvgIpc) is 3.09. The Bertz CT molecular complexity index is 1230. The molecule has 2 aliphatic rings. The summed E-state index contributed by atoms with van der Waals surface area (Å²) in [5, 5.41) is 0. The summed E-state index contributed by atoms with van der Waals surface area (Å²) < 4.78 is 5.72. The van der Waals surface area contributed by atoms with Gasteiger partial charge in [0.15, 0.2) is 0 Å². The van der Waals surface area contributed by atoms with Crippen molar-refractivity contribution in [1.82, 2.24) is 0 Å². The van der Waals surface area contributed by atoms with E-state index in [1.807, 2.05) is 67.3 Å². The lowest BCUT2D eigenvalue weighted by Gasteiger charge is -2.32. The van der Waals surface area contributed by atoms with E-state index >= 15 is 0 Å². The fourth-order valence-electron chi connectivity index (χ4n) is 4.58. The number of ether oxygens (including phenoxy) is 1. The van der Waals surface area contributed by atoms with Gasteiger partial charge >= 0.3 is 0 Å². The predicted molar refractivity (Wildman–Crippen MR) is 130 cm³/mol. The monoisotopic (exact) mass is 438 g/mol. The second-order valence-corrected chi connectivity index (χ2v) is 8.58. The number of aryl methyl sites for hydroxylation is 1. The van der Waals surface area contributed by atoms with Crippen molar-refractivity contribution in [2.24, 2.45) is 0 Å². The Labute approximate surface area is 193 Å². The number of benzene rings is 3. The maximum Gasteiger partial charge on any atom is 0.282 e. The average molecular weight is 439 g/mol. The van der Waals surface area contributed by atoms with Crippen LogP contribution in [0.25, 0.3) is 5.57 Å². The van der Waals surface area contributed by atoms with E-state index in [0.717, 1.165) is 24.1 Å². The highest BCUT2D eigenvalue weighted by Crippen LogP contribution is 2.39. The lowest BCUT2D eigenvalue weighted by atomic mass is 9.98. The maximum atomic E-state index is 13.8. The minimum atomic E-state index is -0.304. The van der Waals surface area contributed by atoms with Crippen LogP contribution in [0.1, 0.15) is 31.4 Å². The number of imide groups is 1. The summed E-state index contributed by atoms with van der Waals surface area (Å²) in [6, 6.07) is 24.7. The number of anilines is 2. The third kappa shape index (κ3) is 3.80. The van der Waals surface area contributed by atoms with Gasteiger partial charge in [-0.1, -0.05) is 48.5 Å². The normalized spacial score (nSPS) is 16.0. The molecular weight excluding hydrogens is 412 g/mol. The summed E-state index contributed by atoms with van der Waals surface area (Å²) in [5.74, 6) is 0.101. The highest BCUT2D eigenvalue weighted by molar-refractivity contribution is 6.46. The molecule has 5 rings (SSSR count). The molecule has 0 bridgehead atoms. The predicted octanol–water partition coefficient (Wildman–Crippen LogP) is 5.21. The van der Waals surface area contributed by atoms with Crippen molar-refractivity contribution < 1.29 is 14.3 Å². The SMILES string of the molecule is CC(C)Oc1ccc(N2C(=O)C(c3ccccc3)=C(N3CCCc4ccccc43)C2=O)cc1. The van der Waals surface area contributed by atoms with Crippen LogP contribution in [-0.2, 0) is 16.0 Å². The molecule has 5 nitrogen and oxygen atoms in total. The van der Waals surface area contributed by atoms with E-state index < -0.39 is 0 Å². The lowest BCUT2D eigenvalue weighted by molar-refractivity contribution is -0.120. The van der Waals surface area contributed by atoms with Gasteiger partial charge in [0.1, 0.15) is 11.4 Å². The molecule has 5 heteroatoms. The van der Waals surface area contributed by atoms with E-state index in [1.54, 1.807) is 24.3 Å². The minimum absolute atomic E-state index is 0.0445. The molecule has 3 aromatic carbocycles. The highest BCUT2D eigenvalue weighted by atomic mass is 16.5. The van der Waals surface area contributed by atoms with Crippen LogP contribution in [0.2, 0.25) is 0 Å². The van der Waals surface area contributed by atoms with Crippen LogP contribution in [-0.4, -0.2) is 24.5 Å². The van der Waals surface area contributed by atoms with Crippen molar-refractivity contribution in [3.8, 4) is 5.75 Å². The van der Waals surface area contributed by atoms with Crippen molar-refractivity contribution in [2.75, 3.05) is 16.3 Å². The fourth-order valence-corrected chi connectivity index (χ4v) is 4.58. The number of para-hydroxylation sites is 1. The summed E-state index contributed by atoms with van der Waals surface area (Å²) in [7, 11) is 0. The number of carbonyl (C=O) groups is 2. The first-order valence-corrected chi connectivity index (χ1v) is 11.3. The number of carbonyl (C=O) groups excluding carboxylic acids is 2. The molecule has 2 aliphatic heterocycles. The summed E-state index contributed by atoms with van der Waals surface area (Å²) in [5.41, 5.74) is 4.36. The Hall–Kier alpha value is -3.86. The van der Waals surface area contributed by atoms with Crippen LogP contribution in [0.4, 0.5) is 11.4 Å². The zero-order valence-electron chi connectivity index (χ0n) is 18.8. The molecule has 0 unspecified atom stereocenters. The molecule has 3 aromatic rings. The van der Waals surface area contributed by atoms with E-state index in [0.29, 0.717) is 29.3 Å². The van der Waals surface area contributed by atoms with Crippen molar-refractivity contribution in [3.05, 3.63) is 95.7 Å². The van der Waals surface area contributed by atoms with E-state index in [4.69, 9.17) is 4.74 Å². The minimum Gasteiger partial charge on any atom is -0.491 e. The van der Waals surface area contributed by atoms with Crippen molar-refractivity contribution in [3.63, 3.8) is 0 Å². The van der Waals surface area contributed by atoms with Crippen LogP contribution in [0.5, 0.6) is 5.75 Å². The van der Waals surface area contributed by atoms with Crippen molar-refractivity contribution >= 4 is 28.8 Å². The van der Waals surface area contributed by atoms with Gasteiger partial charge in [-0.25, -0.2) is 4.90 Å². The number of fused-ring (bicyclic) bond motifs is 1. The van der Waals surface area contributed by atoms with E-state index in [9.17, 15) is 9.59 Å². The topological polar surface area (TPSA) is 49.9 Å². The van der Waals surface area contributed by atoms with Crippen LogP contribution in [0.3, 0.4) is 0 Å². The third-order valence-electron chi connectivity index (χ3n) is 5.97. The largest absolute Gasteiger partial charge is 0.491 e. The number of hydrogen-bond acceptors (Lipinski definition) is 4. The number of nitrogens with zero attached hydrogens (tertiary/aromatic N) is 2. The quantitative estimate of drug-likeness (QED) is 0.513. The van der Waals surface area contributed by atoms with E-state index in [1.165, 1.54) is 10.5 Å². The summed E-state index contributed by atoms with van der Waals surface area (Å²) in [6.07, 6.45) is 1.93. The van der Waals surface area contributed by atoms with Gasteiger partial charge < -0.3 is 9.64 Å². The molecule has 2 heterocycles. The molecule has 0 aromatic heterocycles. The summed E-state index contributed by atoms with van der Waals surface area (Å²) >= 11 is 0. The summed E-state index contributed by atoms with van der Waals surface area (Å²) in [6.45, 7) is 4.61. The smallest absolute Gasteiger partial charge is 0.282 e. The fraction of sp³-hybridized carbons (Fsp3) is 0.214. The molecule has 0 spiro atoms. The van der Waals surface area contributed by atoms with E-state index in [2.05, 4.69) is 6.07 Å². The number of amides is 2. The standard InChI is InChI=1S/C28H26N2O3/c1-19(2)33-23-16-14-22(15-17-23)30-27(31)25(21-10-4-3-5-11-21)26(28(30)32)29-18-8-12-20-9-6-7-13-24(20)29/h3-7,9-11,13-17,19H,8,12,18H2,1-2H3. The molecule has 2 amide bonds. The molecule has 0 aliphatic carbocycles. The van der Waals surface area contributed by atoms with Gasteiger partial charge in [0.2, 0.25) is 0 Å². The van der Waals surface area contributed by atoms with Crippen LogP contribution in [0.15, 0.2) is 84.6 Å². The van der Waals surface area contributed by atoms with Crippen LogP contribution >= 0.6 is 0 Å². The second kappa shape index (κ2) is 8.58. The van der Waals surface area contributed by atoms with Crippen LogP contribution in [0, 0.1) is 0 Å². The first kappa shape index (κ1) is 21.0. The van der Waals surface area contributed by atoms with Crippen LogP contribution < -0.4 is 14.5 Å². The van der Waals surface area contributed by atoms with Gasteiger partial charge in [-0.3, -0.25) is 9.59 Å². The Morgan fingerprint density at radius 3 is 2.24 bits per heavy atom. The second-order valence-electron chi connectivity index (χ2n) is 8.58. The molecular formula is C28H26N2O3. The molecule has 166 valence electrons. The van der Waals surface area contributed by atoms with Gasteiger partial charge in [0.25, 0.3) is 11.8 Å². The first-order chi connectivity index (χ1) is 16.0. The van der Waals surface area contributed by atoms with Gasteiger partial charge in [-0.2, -0.15) is 0 Å². The Balaban J connectivity index is 1.60. The Morgan fingerprint density at radius 2 is 1.52 bits per heavy atom. The Morgan fingerprint density at radius 1 is 0.818 bits per heavy atom. The highest BCUT2D eigenvalue weighted by Gasteiger charge is 2.43. The molecule has 0 radical (unpaired) electrons. The molecule has 0 atom stereocenters. The number of rotatable bonds is 5. The zero-order chi connectivity index (χ0) is 22.9. The molecule has 0 saturated heterocycles. The van der Waals surface area contributed by atoms with Gasteiger partial charge in [-0.15, -0.1) is 0 Å².